The number of nitrogens with zero attached hydrogens (tertiary/aromatic N) is 1. The molecule has 0 bridgehead atoms. The molecule has 0 radical (unpaired) electrons. The van der Waals surface area contributed by atoms with Gasteiger partial charge in [0.15, 0.2) is 11.5 Å². The molecule has 4 heteroatoms. The lowest BCUT2D eigenvalue weighted by atomic mass is 10.1. The van der Waals surface area contributed by atoms with Crippen molar-refractivity contribution < 1.29 is 10.2 Å². The first-order valence-electron chi connectivity index (χ1n) is 5.55. The van der Waals surface area contributed by atoms with Gasteiger partial charge < -0.3 is 15.9 Å². The number of rotatable bonds is 2. The lowest BCUT2D eigenvalue weighted by Crippen LogP contribution is -2.28. The topological polar surface area (TPSA) is 69.7 Å². The van der Waals surface area contributed by atoms with Gasteiger partial charge in [-0.25, -0.2) is 0 Å². The van der Waals surface area contributed by atoms with Crippen LogP contribution in [0.3, 0.4) is 0 Å². The molecule has 0 spiro atoms. The van der Waals surface area contributed by atoms with Crippen LogP contribution in [0.5, 0.6) is 11.5 Å². The molecule has 16 heavy (non-hydrogen) atoms. The third-order valence-electron chi connectivity index (χ3n) is 3.19. The minimum Gasteiger partial charge on any atom is -0.504 e. The van der Waals surface area contributed by atoms with E-state index in [-0.39, 0.29) is 17.5 Å². The van der Waals surface area contributed by atoms with Crippen molar-refractivity contribution in [2.24, 2.45) is 11.7 Å². The highest BCUT2D eigenvalue weighted by molar-refractivity contribution is 5.40. The van der Waals surface area contributed by atoms with Crippen LogP contribution < -0.4 is 5.73 Å². The number of phenolic OH excluding ortho intramolecular Hbond substituents is 2. The summed E-state index contributed by atoms with van der Waals surface area (Å²) in [4.78, 5) is 2.27. The van der Waals surface area contributed by atoms with Gasteiger partial charge in [-0.1, -0.05) is 13.0 Å². The zero-order valence-corrected chi connectivity index (χ0v) is 9.43. The first-order chi connectivity index (χ1) is 7.56. The van der Waals surface area contributed by atoms with Gasteiger partial charge in [-0.2, -0.15) is 0 Å². The molecule has 2 unspecified atom stereocenters. The Hall–Kier alpha value is -1.26. The minimum absolute atomic E-state index is 0.0611. The molecule has 1 aliphatic rings. The maximum atomic E-state index is 9.38. The number of aromatic hydroxyl groups is 2. The largest absolute Gasteiger partial charge is 0.504 e. The zero-order valence-electron chi connectivity index (χ0n) is 9.43. The first-order valence-corrected chi connectivity index (χ1v) is 5.55. The molecule has 1 aromatic carbocycles. The van der Waals surface area contributed by atoms with Gasteiger partial charge in [0.05, 0.1) is 0 Å². The van der Waals surface area contributed by atoms with Crippen LogP contribution in [0, 0.1) is 5.92 Å². The van der Waals surface area contributed by atoms with Gasteiger partial charge in [0.1, 0.15) is 0 Å². The predicted octanol–water partition coefficient (Wildman–Crippen LogP) is 0.877. The summed E-state index contributed by atoms with van der Waals surface area (Å²) in [6.45, 7) is 4.80. The minimum atomic E-state index is -0.0739. The fraction of sp³-hybridized carbons (Fsp3) is 0.500. The summed E-state index contributed by atoms with van der Waals surface area (Å²) in [5.41, 5.74) is 6.94. The van der Waals surface area contributed by atoms with Gasteiger partial charge in [-0.05, 0) is 23.6 Å². The van der Waals surface area contributed by atoms with Gasteiger partial charge >= 0.3 is 0 Å². The molecule has 0 aliphatic carbocycles. The smallest absolute Gasteiger partial charge is 0.157 e. The van der Waals surface area contributed by atoms with E-state index in [1.54, 1.807) is 6.07 Å². The molecular formula is C12H18N2O2. The third-order valence-corrected chi connectivity index (χ3v) is 3.19. The van der Waals surface area contributed by atoms with Gasteiger partial charge in [0.25, 0.3) is 0 Å². The molecule has 2 rings (SSSR count). The second kappa shape index (κ2) is 4.31. The van der Waals surface area contributed by atoms with Crippen molar-refractivity contribution in [3.8, 4) is 11.5 Å². The van der Waals surface area contributed by atoms with E-state index in [1.807, 2.05) is 6.07 Å². The molecule has 1 heterocycles. The highest BCUT2D eigenvalue weighted by Crippen LogP contribution is 2.26. The third kappa shape index (κ3) is 2.28. The van der Waals surface area contributed by atoms with E-state index in [1.165, 1.54) is 6.07 Å². The summed E-state index contributed by atoms with van der Waals surface area (Å²) in [7, 11) is 0. The summed E-state index contributed by atoms with van der Waals surface area (Å²) in [5.74, 6) is 0.384. The quantitative estimate of drug-likeness (QED) is 0.650. The SMILES string of the molecule is CC1CN(Cc2ccc(O)c(O)c2)CC1N. The van der Waals surface area contributed by atoms with Crippen LogP contribution in [0.4, 0.5) is 0 Å². The Bertz CT molecular complexity index is 371. The van der Waals surface area contributed by atoms with E-state index in [0.29, 0.717) is 5.92 Å². The highest BCUT2D eigenvalue weighted by Gasteiger charge is 2.26. The Morgan fingerprint density at radius 2 is 2.06 bits per heavy atom. The van der Waals surface area contributed by atoms with Crippen LogP contribution in [-0.4, -0.2) is 34.2 Å². The Kier molecular flexibility index (Phi) is 3.03. The summed E-state index contributed by atoms with van der Waals surface area (Å²) < 4.78 is 0. The fourth-order valence-corrected chi connectivity index (χ4v) is 2.15. The first kappa shape index (κ1) is 11.2. The number of phenols is 2. The van der Waals surface area contributed by atoms with E-state index in [9.17, 15) is 10.2 Å². The Morgan fingerprint density at radius 3 is 2.62 bits per heavy atom. The van der Waals surface area contributed by atoms with Gasteiger partial charge in [-0.3, -0.25) is 4.90 Å². The molecule has 4 nitrogen and oxygen atoms in total. The Balaban J connectivity index is 2.02. The molecule has 1 aromatic rings. The second-order valence-electron chi connectivity index (χ2n) is 4.66. The van der Waals surface area contributed by atoms with Crippen molar-refractivity contribution in [2.45, 2.75) is 19.5 Å². The van der Waals surface area contributed by atoms with Crippen molar-refractivity contribution >= 4 is 0 Å². The van der Waals surface area contributed by atoms with Gasteiger partial charge in [0.2, 0.25) is 0 Å². The van der Waals surface area contributed by atoms with Gasteiger partial charge in [0, 0.05) is 25.7 Å². The van der Waals surface area contributed by atoms with E-state index in [2.05, 4.69) is 11.8 Å². The fourth-order valence-electron chi connectivity index (χ4n) is 2.15. The van der Waals surface area contributed by atoms with Crippen LogP contribution in [0.15, 0.2) is 18.2 Å². The molecule has 0 aromatic heterocycles. The molecule has 4 N–H and O–H groups in total. The number of benzene rings is 1. The van der Waals surface area contributed by atoms with Gasteiger partial charge in [-0.15, -0.1) is 0 Å². The van der Waals surface area contributed by atoms with Crippen LogP contribution in [-0.2, 0) is 6.54 Å². The Morgan fingerprint density at radius 1 is 1.31 bits per heavy atom. The van der Waals surface area contributed by atoms with E-state index >= 15 is 0 Å². The highest BCUT2D eigenvalue weighted by atomic mass is 16.3. The maximum absolute atomic E-state index is 9.38. The number of hydrogen-bond donors (Lipinski definition) is 3. The maximum Gasteiger partial charge on any atom is 0.157 e. The molecule has 1 saturated heterocycles. The van der Waals surface area contributed by atoms with Crippen molar-refractivity contribution in [1.29, 1.82) is 0 Å². The molecule has 0 amide bonds. The molecule has 0 saturated carbocycles. The van der Waals surface area contributed by atoms with Crippen molar-refractivity contribution in [2.75, 3.05) is 13.1 Å². The standard InChI is InChI=1S/C12H18N2O2/c1-8-5-14(7-10(8)13)6-9-2-3-11(15)12(16)4-9/h2-4,8,10,15-16H,5-7,13H2,1H3. The Labute approximate surface area is 95.3 Å². The summed E-state index contributed by atoms with van der Waals surface area (Å²) >= 11 is 0. The average molecular weight is 222 g/mol. The number of nitrogens with two attached hydrogens (primary N) is 1. The monoisotopic (exact) mass is 222 g/mol. The summed E-state index contributed by atoms with van der Waals surface area (Å²) in [5, 5.41) is 18.6. The second-order valence-corrected chi connectivity index (χ2v) is 4.66. The summed E-state index contributed by atoms with van der Waals surface area (Å²) in [6, 6.07) is 5.18. The zero-order chi connectivity index (χ0) is 11.7. The summed E-state index contributed by atoms with van der Waals surface area (Å²) in [6.07, 6.45) is 0. The average Bonchev–Trinajstić information content (AvgIpc) is 2.52. The van der Waals surface area contributed by atoms with E-state index < -0.39 is 0 Å². The number of likely N-dealkylation sites (tertiary alicyclic amines) is 1. The molecule has 2 atom stereocenters. The molecular weight excluding hydrogens is 204 g/mol. The normalized spacial score (nSPS) is 26.1. The van der Waals surface area contributed by atoms with Crippen molar-refractivity contribution in [3.63, 3.8) is 0 Å². The number of hydrogen-bond acceptors (Lipinski definition) is 4. The van der Waals surface area contributed by atoms with E-state index in [0.717, 1.165) is 25.2 Å². The predicted molar refractivity (Wildman–Crippen MR) is 62.2 cm³/mol. The van der Waals surface area contributed by atoms with Crippen molar-refractivity contribution in [3.05, 3.63) is 23.8 Å². The van der Waals surface area contributed by atoms with E-state index in [4.69, 9.17) is 5.73 Å². The molecule has 1 aliphatic heterocycles. The van der Waals surface area contributed by atoms with Crippen LogP contribution >= 0.6 is 0 Å². The van der Waals surface area contributed by atoms with Crippen LogP contribution in [0.1, 0.15) is 12.5 Å². The van der Waals surface area contributed by atoms with Crippen molar-refractivity contribution in [1.82, 2.24) is 4.90 Å². The van der Waals surface area contributed by atoms with Crippen LogP contribution in [0.25, 0.3) is 0 Å². The molecule has 1 fully saturated rings. The lowest BCUT2D eigenvalue weighted by molar-refractivity contribution is 0.317. The van der Waals surface area contributed by atoms with Crippen LogP contribution in [0.2, 0.25) is 0 Å². The lowest BCUT2D eigenvalue weighted by Gasteiger charge is -2.15. The molecule has 88 valence electrons.